The minimum absolute atomic E-state index is 0.0665. The average molecular weight is 398 g/mol. The van der Waals surface area contributed by atoms with Crippen molar-refractivity contribution in [3.8, 4) is 0 Å². The fourth-order valence-corrected chi connectivity index (χ4v) is 3.31. The summed E-state index contributed by atoms with van der Waals surface area (Å²) in [6.07, 6.45) is 0.924. The second-order valence-corrected chi connectivity index (χ2v) is 7.13. The van der Waals surface area contributed by atoms with Gasteiger partial charge in [-0.1, -0.05) is 48.9 Å². The number of para-hydroxylation sites is 1. The van der Waals surface area contributed by atoms with E-state index in [4.69, 9.17) is 4.42 Å². The van der Waals surface area contributed by atoms with Crippen molar-refractivity contribution in [3.05, 3.63) is 95.2 Å². The molecule has 0 spiro atoms. The van der Waals surface area contributed by atoms with E-state index in [1.165, 1.54) is 5.56 Å². The molecule has 5 nitrogen and oxygen atoms in total. The molecule has 1 aromatic heterocycles. The molecule has 30 heavy (non-hydrogen) atoms. The van der Waals surface area contributed by atoms with Crippen molar-refractivity contribution in [3.63, 3.8) is 0 Å². The molecular formula is C25H22N2O3. The second-order valence-electron chi connectivity index (χ2n) is 7.13. The van der Waals surface area contributed by atoms with Gasteiger partial charge >= 0.3 is 0 Å². The topological polar surface area (TPSA) is 71.3 Å². The van der Waals surface area contributed by atoms with Crippen LogP contribution in [0.25, 0.3) is 11.0 Å². The van der Waals surface area contributed by atoms with Crippen molar-refractivity contribution in [1.29, 1.82) is 0 Å². The summed E-state index contributed by atoms with van der Waals surface area (Å²) >= 11 is 0. The molecule has 1 heterocycles. The van der Waals surface area contributed by atoms with Crippen LogP contribution in [0.2, 0.25) is 0 Å². The van der Waals surface area contributed by atoms with E-state index in [1.807, 2.05) is 61.5 Å². The van der Waals surface area contributed by atoms with Crippen LogP contribution in [0, 0.1) is 6.92 Å². The van der Waals surface area contributed by atoms with Crippen LogP contribution < -0.4 is 10.6 Å². The van der Waals surface area contributed by atoms with Gasteiger partial charge in [-0.25, -0.2) is 0 Å². The number of furan rings is 1. The summed E-state index contributed by atoms with van der Waals surface area (Å²) in [7, 11) is 0. The summed E-state index contributed by atoms with van der Waals surface area (Å²) in [4.78, 5) is 25.8. The standard InChI is InChI=1S/C25H22N2O3/c1-3-17-11-13-19(14-12-17)26-25(29)23-22(20-9-4-5-10-21(20)30-23)27-24(28)18-8-6-7-16(2)15-18/h4-15H,3H2,1-2H3,(H,26,29)(H,27,28). The number of rotatable bonds is 5. The number of fused-ring (bicyclic) bond motifs is 1. The van der Waals surface area contributed by atoms with Crippen molar-refractivity contribution < 1.29 is 14.0 Å². The van der Waals surface area contributed by atoms with Crippen LogP contribution >= 0.6 is 0 Å². The zero-order valence-corrected chi connectivity index (χ0v) is 16.9. The molecule has 0 saturated heterocycles. The number of benzene rings is 3. The lowest BCUT2D eigenvalue weighted by Gasteiger charge is -2.08. The van der Waals surface area contributed by atoms with Gasteiger partial charge in [0.15, 0.2) is 0 Å². The lowest BCUT2D eigenvalue weighted by atomic mass is 10.1. The monoisotopic (exact) mass is 398 g/mol. The maximum Gasteiger partial charge on any atom is 0.293 e. The van der Waals surface area contributed by atoms with E-state index >= 15 is 0 Å². The molecule has 4 rings (SSSR count). The molecule has 0 radical (unpaired) electrons. The first kappa shape index (κ1) is 19.5. The number of anilines is 2. The predicted molar refractivity (Wildman–Crippen MR) is 119 cm³/mol. The van der Waals surface area contributed by atoms with Crippen molar-refractivity contribution in [1.82, 2.24) is 0 Å². The van der Waals surface area contributed by atoms with Gasteiger partial charge in [0.1, 0.15) is 11.3 Å². The van der Waals surface area contributed by atoms with Crippen LogP contribution in [0.3, 0.4) is 0 Å². The largest absolute Gasteiger partial charge is 0.449 e. The Morgan fingerprint density at radius 1 is 0.867 bits per heavy atom. The smallest absolute Gasteiger partial charge is 0.293 e. The highest BCUT2D eigenvalue weighted by Gasteiger charge is 2.23. The Labute approximate surface area is 174 Å². The number of aryl methyl sites for hydroxylation is 2. The third-order valence-corrected chi connectivity index (χ3v) is 4.94. The molecule has 4 aromatic rings. The average Bonchev–Trinajstić information content (AvgIpc) is 3.13. The normalized spacial score (nSPS) is 10.7. The lowest BCUT2D eigenvalue weighted by Crippen LogP contribution is -2.17. The lowest BCUT2D eigenvalue weighted by molar-refractivity contribution is 0.0999. The van der Waals surface area contributed by atoms with Gasteiger partial charge in [-0.15, -0.1) is 0 Å². The maximum atomic E-state index is 13.0. The van der Waals surface area contributed by atoms with E-state index in [-0.39, 0.29) is 11.7 Å². The van der Waals surface area contributed by atoms with Crippen LogP contribution in [-0.2, 0) is 6.42 Å². The van der Waals surface area contributed by atoms with Crippen molar-refractivity contribution in [2.75, 3.05) is 10.6 Å². The van der Waals surface area contributed by atoms with Gasteiger partial charge in [0.2, 0.25) is 5.76 Å². The number of carbonyl (C=O) groups excluding carboxylic acids is 2. The van der Waals surface area contributed by atoms with E-state index in [9.17, 15) is 9.59 Å². The second kappa shape index (κ2) is 8.25. The van der Waals surface area contributed by atoms with Crippen LogP contribution in [-0.4, -0.2) is 11.8 Å². The Bertz CT molecular complexity index is 1220. The Balaban J connectivity index is 1.67. The molecule has 0 saturated carbocycles. The van der Waals surface area contributed by atoms with Crippen molar-refractivity contribution in [2.24, 2.45) is 0 Å². The first-order valence-electron chi connectivity index (χ1n) is 9.85. The van der Waals surface area contributed by atoms with E-state index in [1.54, 1.807) is 18.2 Å². The quantitative estimate of drug-likeness (QED) is 0.446. The molecule has 150 valence electrons. The fraction of sp³-hybridized carbons (Fsp3) is 0.120. The zero-order chi connectivity index (χ0) is 21.1. The highest BCUT2D eigenvalue weighted by molar-refractivity contribution is 6.16. The molecular weight excluding hydrogens is 376 g/mol. The number of hydrogen-bond donors (Lipinski definition) is 2. The number of nitrogens with one attached hydrogen (secondary N) is 2. The van der Waals surface area contributed by atoms with Gasteiger partial charge < -0.3 is 15.1 Å². The van der Waals surface area contributed by atoms with Crippen molar-refractivity contribution >= 4 is 34.2 Å². The number of amides is 2. The van der Waals surface area contributed by atoms with Crippen LogP contribution in [0.1, 0.15) is 39.0 Å². The van der Waals surface area contributed by atoms with Gasteiger partial charge in [0.05, 0.1) is 0 Å². The first-order valence-corrected chi connectivity index (χ1v) is 9.85. The summed E-state index contributed by atoms with van der Waals surface area (Å²) < 4.78 is 5.81. The molecule has 0 aliphatic carbocycles. The molecule has 0 unspecified atom stereocenters. The Morgan fingerprint density at radius 2 is 1.63 bits per heavy atom. The van der Waals surface area contributed by atoms with Gasteiger partial charge in [0, 0.05) is 16.6 Å². The minimum atomic E-state index is -0.421. The fourth-order valence-electron chi connectivity index (χ4n) is 3.31. The van der Waals surface area contributed by atoms with E-state index in [0.717, 1.165) is 12.0 Å². The van der Waals surface area contributed by atoms with E-state index in [2.05, 4.69) is 17.6 Å². The highest BCUT2D eigenvalue weighted by Crippen LogP contribution is 2.32. The summed E-state index contributed by atoms with van der Waals surface area (Å²) in [5, 5.41) is 6.39. The van der Waals surface area contributed by atoms with Crippen molar-refractivity contribution in [2.45, 2.75) is 20.3 Å². The van der Waals surface area contributed by atoms with Crippen LogP contribution in [0.5, 0.6) is 0 Å². The molecule has 0 atom stereocenters. The summed E-state index contributed by atoms with van der Waals surface area (Å²) in [5.74, 6) is -0.654. The Kier molecular flexibility index (Phi) is 5.35. The summed E-state index contributed by atoms with van der Waals surface area (Å²) in [5.41, 5.74) is 4.23. The Morgan fingerprint density at radius 3 is 2.37 bits per heavy atom. The SMILES string of the molecule is CCc1ccc(NC(=O)c2oc3ccccc3c2NC(=O)c2cccc(C)c2)cc1. The summed E-state index contributed by atoms with van der Waals surface area (Å²) in [6.45, 7) is 4.00. The molecule has 3 aromatic carbocycles. The molecule has 5 heteroatoms. The third kappa shape index (κ3) is 3.96. The van der Waals surface area contributed by atoms with Crippen LogP contribution in [0.4, 0.5) is 11.4 Å². The molecule has 0 aliphatic rings. The van der Waals surface area contributed by atoms with Crippen LogP contribution in [0.15, 0.2) is 77.2 Å². The maximum absolute atomic E-state index is 13.0. The van der Waals surface area contributed by atoms with Gasteiger partial charge in [-0.3, -0.25) is 9.59 Å². The third-order valence-electron chi connectivity index (χ3n) is 4.94. The minimum Gasteiger partial charge on any atom is -0.449 e. The molecule has 0 aliphatic heterocycles. The predicted octanol–water partition coefficient (Wildman–Crippen LogP) is 5.81. The molecule has 0 bridgehead atoms. The van der Waals surface area contributed by atoms with Gasteiger partial charge in [0.25, 0.3) is 11.8 Å². The molecule has 2 N–H and O–H groups in total. The Hall–Kier alpha value is -3.86. The number of carbonyl (C=O) groups is 2. The first-order chi connectivity index (χ1) is 14.5. The summed E-state index contributed by atoms with van der Waals surface area (Å²) in [6, 6.07) is 22.2. The molecule has 0 fully saturated rings. The number of hydrogen-bond acceptors (Lipinski definition) is 3. The van der Waals surface area contributed by atoms with Gasteiger partial charge in [-0.2, -0.15) is 0 Å². The molecule has 2 amide bonds. The highest BCUT2D eigenvalue weighted by atomic mass is 16.3. The van der Waals surface area contributed by atoms with E-state index in [0.29, 0.717) is 27.9 Å². The van der Waals surface area contributed by atoms with Gasteiger partial charge in [-0.05, 0) is 55.3 Å². The zero-order valence-electron chi connectivity index (χ0n) is 16.9. The van der Waals surface area contributed by atoms with E-state index < -0.39 is 5.91 Å².